The van der Waals surface area contributed by atoms with Crippen molar-refractivity contribution < 1.29 is 71.5 Å². The Bertz CT molecular complexity index is 570. The van der Waals surface area contributed by atoms with Crippen LogP contribution in [-0.4, -0.2) is 10.9 Å². The first-order valence-corrected chi connectivity index (χ1v) is 22.3. The van der Waals surface area contributed by atoms with Crippen LogP contribution in [0.4, 0.5) is 0 Å². The Labute approximate surface area is 216 Å². The summed E-state index contributed by atoms with van der Waals surface area (Å²) in [6, 6.07) is 13.4. The summed E-state index contributed by atoms with van der Waals surface area (Å²) in [6.45, 7) is 9.23. The normalized spacial score (nSPS) is 12.9. The van der Waals surface area contributed by atoms with E-state index in [4.69, 9.17) is 0 Å². The van der Waals surface area contributed by atoms with Crippen molar-refractivity contribution in [3.8, 4) is 0 Å². The van der Waals surface area contributed by atoms with E-state index in [0.29, 0.717) is 0 Å². The Kier molecular flexibility index (Phi) is 21.7. The van der Waals surface area contributed by atoms with Crippen LogP contribution in [0.5, 0.6) is 0 Å². The van der Waals surface area contributed by atoms with E-state index < -0.39 is 0 Å². The molecule has 0 aromatic heterocycles. The zero-order valence-corrected chi connectivity index (χ0v) is 26.3. The van der Waals surface area contributed by atoms with Crippen LogP contribution in [-0.2, 0) is 72.4 Å². The molecule has 0 heterocycles. The molecule has 2 aliphatic rings. The van der Waals surface area contributed by atoms with Gasteiger partial charge in [0.2, 0.25) is 0 Å². The Morgan fingerprint density at radius 3 is 1.21 bits per heavy atom. The number of hydrogen-bond acceptors (Lipinski definition) is 0. The van der Waals surface area contributed by atoms with E-state index in [1.807, 2.05) is 0 Å². The van der Waals surface area contributed by atoms with Crippen molar-refractivity contribution in [2.75, 3.05) is 0 Å². The van der Waals surface area contributed by atoms with Crippen LogP contribution in [0.25, 0.3) is 0 Å². The first kappa shape index (κ1) is 31.7. The van der Waals surface area contributed by atoms with Gasteiger partial charge in [-0.2, -0.15) is 46.5 Å². The van der Waals surface area contributed by atoms with Gasteiger partial charge in [-0.1, -0.05) is 51.4 Å². The fourth-order valence-electron chi connectivity index (χ4n) is 3.23. The third kappa shape index (κ3) is 15.3. The van der Waals surface area contributed by atoms with Gasteiger partial charge in [-0.3, -0.25) is 0 Å². The molecule has 0 saturated carbocycles. The second-order valence-corrected chi connectivity index (χ2v) is 26.3. The minimum atomic E-state index is 0. The van der Waals surface area contributed by atoms with Gasteiger partial charge in [-0.15, -0.1) is 0 Å². The predicted octanol–water partition coefficient (Wildman–Crippen LogP) is 0.145. The maximum absolute atomic E-state index is 2.31. The molecule has 0 saturated heterocycles. The SMILES string of the molecule is C[Si](C)=[Zr].C[Si](C)=[Zr].[Cl-].[Cl-].c1cc2c([cH-]1)CCCC2.c1cc2c([cH-]1)CCCC2. The summed E-state index contributed by atoms with van der Waals surface area (Å²) < 4.78 is 0. The number of hydrogen-bond donors (Lipinski definition) is 0. The van der Waals surface area contributed by atoms with E-state index in [2.05, 4.69) is 62.6 Å². The topological polar surface area (TPSA) is 0 Å². The minimum Gasteiger partial charge on any atom is -1.00 e. The maximum atomic E-state index is 2.31. The van der Waals surface area contributed by atoms with Crippen molar-refractivity contribution >= 4 is 10.9 Å². The van der Waals surface area contributed by atoms with Crippen LogP contribution in [0.2, 0.25) is 26.2 Å². The molecule has 0 unspecified atom stereocenters. The number of halogens is 2. The zero-order valence-electron chi connectivity index (χ0n) is 17.9. The average molecular weight is 608 g/mol. The summed E-state index contributed by atoms with van der Waals surface area (Å²) in [4.78, 5) is 0. The molecule has 0 nitrogen and oxygen atoms in total. The molecular formula is C22H34Cl2Si2Zr2-4. The van der Waals surface area contributed by atoms with Gasteiger partial charge in [-0.05, 0) is 0 Å². The van der Waals surface area contributed by atoms with Crippen LogP contribution in [0, 0.1) is 0 Å². The molecule has 0 bridgehead atoms. The van der Waals surface area contributed by atoms with Crippen molar-refractivity contribution in [2.45, 2.75) is 77.6 Å². The van der Waals surface area contributed by atoms with Crippen LogP contribution in [0.15, 0.2) is 36.4 Å². The third-order valence-electron chi connectivity index (χ3n) is 4.30. The van der Waals surface area contributed by atoms with Gasteiger partial charge in [0.25, 0.3) is 0 Å². The van der Waals surface area contributed by atoms with E-state index in [9.17, 15) is 0 Å². The Hall–Kier alpha value is 1.48. The molecule has 2 aliphatic carbocycles. The number of fused-ring (bicyclic) bond motifs is 2. The monoisotopic (exact) mass is 604 g/mol. The molecule has 0 amide bonds. The summed E-state index contributed by atoms with van der Waals surface area (Å²) in [5.74, 6) is 0. The molecule has 6 heteroatoms. The first-order valence-electron chi connectivity index (χ1n) is 9.90. The van der Waals surface area contributed by atoms with Crippen molar-refractivity contribution in [3.63, 3.8) is 0 Å². The van der Waals surface area contributed by atoms with Gasteiger partial charge in [-0.25, -0.2) is 12.1 Å². The molecule has 0 radical (unpaired) electrons. The average Bonchev–Trinajstić information content (AvgIpc) is 3.23. The van der Waals surface area contributed by atoms with Crippen LogP contribution in [0.1, 0.15) is 47.9 Å². The second-order valence-electron chi connectivity index (χ2n) is 7.57. The number of aryl methyl sites for hydroxylation is 4. The van der Waals surface area contributed by atoms with Crippen molar-refractivity contribution in [1.82, 2.24) is 0 Å². The van der Waals surface area contributed by atoms with Crippen molar-refractivity contribution in [2.24, 2.45) is 0 Å². The van der Waals surface area contributed by atoms with Crippen molar-refractivity contribution in [1.29, 1.82) is 0 Å². The number of rotatable bonds is 0. The molecule has 28 heavy (non-hydrogen) atoms. The maximum Gasteiger partial charge on any atom is -0.0512 e. The molecule has 156 valence electrons. The van der Waals surface area contributed by atoms with Crippen LogP contribution >= 0.6 is 0 Å². The Morgan fingerprint density at radius 2 is 0.929 bits per heavy atom. The van der Waals surface area contributed by atoms with Gasteiger partial charge in [0.05, 0.1) is 0 Å². The molecular weight excluding hydrogens is 574 g/mol. The van der Waals surface area contributed by atoms with Crippen molar-refractivity contribution in [3.05, 3.63) is 58.7 Å². The summed E-state index contributed by atoms with van der Waals surface area (Å²) in [5, 5.41) is 0. The fourth-order valence-corrected chi connectivity index (χ4v) is 3.23. The molecule has 0 N–H and O–H groups in total. The van der Waals surface area contributed by atoms with Gasteiger partial charge in [0, 0.05) is 0 Å². The molecule has 0 atom stereocenters. The zero-order chi connectivity index (χ0) is 19.4. The van der Waals surface area contributed by atoms with E-state index in [1.165, 1.54) is 51.4 Å². The van der Waals surface area contributed by atoms with E-state index >= 15 is 0 Å². The molecule has 2 aromatic rings. The quantitative estimate of drug-likeness (QED) is 0.296. The molecule has 2 aromatic carbocycles. The fraction of sp³-hybridized carbons (Fsp3) is 0.545. The largest absolute Gasteiger partial charge is 1.00 e. The van der Waals surface area contributed by atoms with Gasteiger partial charge in [0.1, 0.15) is 0 Å². The summed E-state index contributed by atoms with van der Waals surface area (Å²) >= 11 is 3.48. The van der Waals surface area contributed by atoms with Gasteiger partial charge in [0.15, 0.2) is 0 Å². The van der Waals surface area contributed by atoms with E-state index in [1.54, 1.807) is 68.9 Å². The van der Waals surface area contributed by atoms with E-state index in [0.717, 1.165) is 0 Å². The molecule has 4 rings (SSSR count). The smallest absolute Gasteiger partial charge is 0.0512 e. The summed E-state index contributed by atoms with van der Waals surface area (Å²) in [6.07, 6.45) is 10.9. The second kappa shape index (κ2) is 19.2. The Morgan fingerprint density at radius 1 is 0.643 bits per heavy atom. The van der Waals surface area contributed by atoms with Crippen LogP contribution in [0.3, 0.4) is 0 Å². The molecule has 0 spiro atoms. The molecule has 0 fully saturated rings. The standard InChI is InChI=1S/2C9H11.2C2H6Si.2ClH.2Zr/c2*1-2-5-9-7-3-6-8(9)4-1;2*1-3-2;;;;/h2*3,6-7H,1-2,4-5H2;2*1-2H3;2*1H;;/q2*-1;;;;;;/p-2. The summed E-state index contributed by atoms with van der Waals surface area (Å²) in [5.41, 5.74) is 6.81. The minimum absolute atomic E-state index is 0. The summed E-state index contributed by atoms with van der Waals surface area (Å²) in [7, 11) is 0. The van der Waals surface area contributed by atoms with E-state index in [-0.39, 0.29) is 35.7 Å². The molecule has 0 aliphatic heterocycles. The Balaban J connectivity index is 0. The third-order valence-corrected chi connectivity index (χ3v) is 4.30. The first-order chi connectivity index (χ1) is 12.4. The predicted molar refractivity (Wildman–Crippen MR) is 112 cm³/mol. The van der Waals surface area contributed by atoms with Gasteiger partial charge < -0.3 is 24.8 Å². The van der Waals surface area contributed by atoms with Gasteiger partial charge >= 0.3 is 83.7 Å². The van der Waals surface area contributed by atoms with Crippen LogP contribution < -0.4 is 24.8 Å².